The Labute approximate surface area is 238 Å². The fraction of sp³-hybridized carbons (Fsp3) is 0.278. The summed E-state index contributed by atoms with van der Waals surface area (Å²) in [5.41, 5.74) is 6.12. The number of fused-ring (bicyclic) bond motifs is 6. The zero-order valence-electron chi connectivity index (χ0n) is 23.0. The first-order valence-corrected chi connectivity index (χ1v) is 16.5. The lowest BCUT2D eigenvalue weighted by atomic mass is 9.75. The van der Waals surface area contributed by atoms with Crippen molar-refractivity contribution in [3.8, 4) is 0 Å². The van der Waals surface area contributed by atoms with E-state index in [2.05, 4.69) is 130 Å². The highest BCUT2D eigenvalue weighted by molar-refractivity contribution is 7.73. The third-order valence-corrected chi connectivity index (χ3v) is 13.3. The van der Waals surface area contributed by atoms with Gasteiger partial charge < -0.3 is 5.32 Å². The van der Waals surface area contributed by atoms with Crippen molar-refractivity contribution < 1.29 is 0 Å². The Kier molecular flexibility index (Phi) is 6.18. The van der Waals surface area contributed by atoms with Gasteiger partial charge in [0.1, 0.15) is 0 Å². The van der Waals surface area contributed by atoms with Crippen LogP contribution in [0.5, 0.6) is 0 Å². The molecule has 3 heteroatoms. The van der Waals surface area contributed by atoms with Crippen LogP contribution in [0.25, 0.3) is 10.1 Å². The lowest BCUT2D eigenvalue weighted by molar-refractivity contribution is 0.500. The van der Waals surface area contributed by atoms with Gasteiger partial charge in [-0.05, 0) is 66.4 Å². The smallest absolute Gasteiger partial charge is 0.0400 e. The third-order valence-electron chi connectivity index (χ3n) is 9.22. The van der Waals surface area contributed by atoms with E-state index in [0.717, 1.165) is 0 Å². The molecule has 5 atom stereocenters. The quantitative estimate of drug-likeness (QED) is 0.200. The number of hydrogen-bond donors (Lipinski definition) is 1. The van der Waals surface area contributed by atoms with Crippen molar-refractivity contribution in [1.82, 2.24) is 5.32 Å². The van der Waals surface area contributed by atoms with Crippen molar-refractivity contribution >= 4 is 40.0 Å². The molecule has 2 heterocycles. The summed E-state index contributed by atoms with van der Waals surface area (Å²) in [5.74, 6) is 0.788. The van der Waals surface area contributed by atoms with Gasteiger partial charge in [0.2, 0.25) is 0 Å². The van der Waals surface area contributed by atoms with E-state index in [0.29, 0.717) is 23.5 Å². The van der Waals surface area contributed by atoms with Crippen LogP contribution >= 0.6 is 19.3 Å². The normalized spacial score (nSPS) is 27.8. The predicted octanol–water partition coefficient (Wildman–Crippen LogP) is 8.64. The molecule has 0 saturated carbocycles. The van der Waals surface area contributed by atoms with Crippen molar-refractivity contribution in [2.75, 3.05) is 0 Å². The first kappa shape index (κ1) is 25.1. The first-order valence-electron chi connectivity index (χ1n) is 14.3. The highest BCUT2D eigenvalue weighted by atomic mass is 32.1. The minimum absolute atomic E-state index is 0.0605. The minimum atomic E-state index is -0.430. The zero-order chi connectivity index (χ0) is 26.7. The predicted molar refractivity (Wildman–Crippen MR) is 171 cm³/mol. The molecular weight excluding hydrogens is 509 g/mol. The summed E-state index contributed by atoms with van der Waals surface area (Å²) in [6.07, 6.45) is 9.86. The van der Waals surface area contributed by atoms with Gasteiger partial charge in [-0.2, -0.15) is 0 Å². The number of nitrogens with one attached hydrogen (secondary N) is 1. The molecule has 0 amide bonds. The zero-order valence-corrected chi connectivity index (χ0v) is 24.7. The van der Waals surface area contributed by atoms with E-state index in [4.69, 9.17) is 0 Å². The number of thiophene rings is 1. The molecule has 0 radical (unpaired) electrons. The molecular formula is C36H36NPS. The molecule has 1 aliphatic heterocycles. The van der Waals surface area contributed by atoms with E-state index in [1.807, 2.05) is 11.3 Å². The van der Waals surface area contributed by atoms with E-state index in [-0.39, 0.29) is 5.41 Å². The van der Waals surface area contributed by atoms with Crippen LogP contribution < -0.4 is 15.9 Å². The largest absolute Gasteiger partial charge is 0.382 e. The summed E-state index contributed by atoms with van der Waals surface area (Å²) in [4.78, 5) is 1.52. The van der Waals surface area contributed by atoms with E-state index in [1.54, 1.807) is 0 Å². The van der Waals surface area contributed by atoms with Gasteiger partial charge in [-0.1, -0.05) is 111 Å². The van der Waals surface area contributed by atoms with Crippen molar-refractivity contribution in [3.63, 3.8) is 0 Å². The molecule has 2 aliphatic carbocycles. The van der Waals surface area contributed by atoms with Crippen LogP contribution in [-0.4, -0.2) is 11.7 Å². The van der Waals surface area contributed by atoms with Crippen LogP contribution in [0, 0.1) is 0 Å². The van der Waals surface area contributed by atoms with Crippen LogP contribution in [0.4, 0.5) is 0 Å². The van der Waals surface area contributed by atoms with Crippen molar-refractivity contribution in [2.45, 2.75) is 62.6 Å². The van der Waals surface area contributed by atoms with Crippen molar-refractivity contribution in [2.24, 2.45) is 0 Å². The summed E-state index contributed by atoms with van der Waals surface area (Å²) in [5, 5.41) is 8.07. The van der Waals surface area contributed by atoms with E-state index in [1.165, 1.54) is 60.8 Å². The van der Waals surface area contributed by atoms with Crippen LogP contribution in [-0.2, 0) is 5.41 Å². The Morgan fingerprint density at radius 2 is 1.64 bits per heavy atom. The van der Waals surface area contributed by atoms with Crippen molar-refractivity contribution in [3.05, 3.63) is 131 Å². The lowest BCUT2D eigenvalue weighted by Gasteiger charge is -2.36. The average Bonchev–Trinajstić information content (AvgIpc) is 3.42. The Balaban J connectivity index is 1.24. The second-order valence-electron chi connectivity index (χ2n) is 11.8. The highest BCUT2D eigenvalue weighted by Gasteiger charge is 2.39. The fourth-order valence-corrected chi connectivity index (χ4v) is 11.4. The van der Waals surface area contributed by atoms with Gasteiger partial charge in [0.05, 0.1) is 0 Å². The van der Waals surface area contributed by atoms with E-state index < -0.39 is 7.92 Å². The maximum Gasteiger partial charge on any atom is 0.0400 e. The van der Waals surface area contributed by atoms with Gasteiger partial charge in [-0.3, -0.25) is 0 Å². The van der Waals surface area contributed by atoms with Crippen LogP contribution in [0.15, 0.2) is 115 Å². The van der Waals surface area contributed by atoms with Gasteiger partial charge in [0.25, 0.3) is 0 Å². The molecule has 1 nitrogen and oxygen atoms in total. The van der Waals surface area contributed by atoms with E-state index in [9.17, 15) is 0 Å². The van der Waals surface area contributed by atoms with Crippen LogP contribution in [0.2, 0.25) is 0 Å². The SMILES string of the molecule is C=C1C2=CC(C)c3c(sc4cc([C@]5(C)C=CC(P(c6ccccc6)c6ccccc6)CC5)ccc34)C1C(C)N2. The minimum Gasteiger partial charge on any atom is -0.382 e. The first-order chi connectivity index (χ1) is 18.9. The van der Waals surface area contributed by atoms with Crippen molar-refractivity contribution in [1.29, 1.82) is 0 Å². The molecule has 0 spiro atoms. The molecule has 4 aromatic rings. The summed E-state index contributed by atoms with van der Waals surface area (Å²) < 4.78 is 1.43. The molecule has 3 aliphatic rings. The second-order valence-corrected chi connectivity index (χ2v) is 15.3. The highest BCUT2D eigenvalue weighted by Crippen LogP contribution is 2.52. The molecule has 2 bridgehead atoms. The number of benzene rings is 3. The number of rotatable bonds is 4. The van der Waals surface area contributed by atoms with E-state index >= 15 is 0 Å². The summed E-state index contributed by atoms with van der Waals surface area (Å²) in [7, 11) is -0.430. The fourth-order valence-electron chi connectivity index (χ4n) is 7.07. The molecule has 196 valence electrons. The average molecular weight is 546 g/mol. The van der Waals surface area contributed by atoms with Gasteiger partial charge in [0.15, 0.2) is 0 Å². The Morgan fingerprint density at radius 3 is 2.28 bits per heavy atom. The summed E-state index contributed by atoms with van der Waals surface area (Å²) in [6, 6.07) is 30.1. The standard InChI is InChI=1S/C36H36NPS/c1-23-21-31-24(2)34(25(3)37-31)35-33(23)30-16-15-26(22-32(30)39-35)36(4)19-17-29(18-20-36)38(27-11-7-5-8-12-27)28-13-9-6-10-14-28/h5-17,19,21-23,25,29,34,37H,2,18,20H2,1,3-4H3/t23?,25?,29?,34?,36-/m1/s1. The van der Waals surface area contributed by atoms with Gasteiger partial charge in [-0.25, -0.2) is 0 Å². The Morgan fingerprint density at radius 1 is 0.949 bits per heavy atom. The summed E-state index contributed by atoms with van der Waals surface area (Å²) >= 11 is 2.01. The number of hydrogen-bond acceptors (Lipinski definition) is 2. The maximum atomic E-state index is 4.49. The molecule has 3 aromatic carbocycles. The maximum absolute atomic E-state index is 4.49. The topological polar surface area (TPSA) is 12.0 Å². The number of allylic oxidation sites excluding steroid dienone is 4. The Hall–Kier alpha value is -2.93. The molecule has 1 saturated heterocycles. The molecule has 1 fully saturated rings. The molecule has 7 rings (SSSR count). The lowest BCUT2D eigenvalue weighted by Crippen LogP contribution is -2.29. The molecule has 39 heavy (non-hydrogen) atoms. The third kappa shape index (κ3) is 4.16. The van der Waals surface area contributed by atoms with Gasteiger partial charge in [0, 0.05) is 44.2 Å². The molecule has 1 aromatic heterocycles. The molecule has 1 N–H and O–H groups in total. The Bertz CT molecular complexity index is 1570. The molecule has 4 unspecified atom stereocenters. The van der Waals surface area contributed by atoms with Crippen LogP contribution in [0.1, 0.15) is 61.5 Å². The monoisotopic (exact) mass is 545 g/mol. The van der Waals surface area contributed by atoms with Gasteiger partial charge in [-0.15, -0.1) is 11.3 Å². The summed E-state index contributed by atoms with van der Waals surface area (Å²) in [6.45, 7) is 11.6. The second kappa shape index (κ2) is 9.61. The van der Waals surface area contributed by atoms with Gasteiger partial charge >= 0.3 is 0 Å². The van der Waals surface area contributed by atoms with Crippen LogP contribution in [0.3, 0.4) is 0 Å².